The first-order valence-electron chi connectivity index (χ1n) is 9.88. The highest BCUT2D eigenvalue weighted by atomic mass is 16.2. The number of rotatable bonds is 4. The fourth-order valence-corrected chi connectivity index (χ4v) is 4.52. The molecule has 5 nitrogen and oxygen atoms in total. The molecular weight excluding hydrogens is 312 g/mol. The van der Waals surface area contributed by atoms with E-state index in [0.29, 0.717) is 11.9 Å². The lowest BCUT2D eigenvalue weighted by molar-refractivity contribution is -0.135. The molecule has 3 heterocycles. The van der Waals surface area contributed by atoms with Crippen LogP contribution in [0.4, 0.5) is 0 Å². The van der Waals surface area contributed by atoms with Crippen molar-refractivity contribution in [2.45, 2.75) is 64.3 Å². The number of aromatic nitrogens is 3. The molecule has 1 aliphatic carbocycles. The summed E-state index contributed by atoms with van der Waals surface area (Å²) in [5.74, 6) is 1.77. The Balaban J connectivity index is 1.56. The smallest absolute Gasteiger partial charge is 0.225 e. The number of hydrogen-bond acceptors (Lipinski definition) is 3. The fourth-order valence-electron chi connectivity index (χ4n) is 4.52. The van der Waals surface area contributed by atoms with Crippen LogP contribution in [0.25, 0.3) is 11.2 Å². The van der Waals surface area contributed by atoms with Crippen molar-refractivity contribution in [1.29, 1.82) is 0 Å². The largest absolute Gasteiger partial charge is 0.340 e. The molecule has 1 saturated heterocycles. The Hall–Kier alpha value is -1.91. The number of carbonyl (C=O) groups excluding carboxylic acids is 1. The Labute approximate surface area is 149 Å². The summed E-state index contributed by atoms with van der Waals surface area (Å²) in [6, 6.07) is 4.30. The minimum Gasteiger partial charge on any atom is -0.340 e. The Morgan fingerprint density at radius 3 is 2.88 bits per heavy atom. The maximum absolute atomic E-state index is 12.9. The van der Waals surface area contributed by atoms with Crippen molar-refractivity contribution < 1.29 is 4.79 Å². The summed E-state index contributed by atoms with van der Waals surface area (Å²) in [5, 5.41) is 0. The number of fused-ring (bicyclic) bond motifs is 1. The predicted octanol–water partition coefficient (Wildman–Crippen LogP) is 3.74. The van der Waals surface area contributed by atoms with Gasteiger partial charge in [0.15, 0.2) is 5.65 Å². The average Bonchev–Trinajstić information content (AvgIpc) is 3.26. The number of aryl methyl sites for hydroxylation is 1. The van der Waals surface area contributed by atoms with E-state index >= 15 is 0 Å². The molecule has 1 saturated carbocycles. The zero-order chi connectivity index (χ0) is 17.2. The van der Waals surface area contributed by atoms with Crippen molar-refractivity contribution in [3.05, 3.63) is 24.2 Å². The first-order chi connectivity index (χ1) is 12.3. The van der Waals surface area contributed by atoms with E-state index in [4.69, 9.17) is 4.98 Å². The van der Waals surface area contributed by atoms with Gasteiger partial charge in [-0.1, -0.05) is 26.2 Å². The van der Waals surface area contributed by atoms with Crippen LogP contribution in [0.5, 0.6) is 0 Å². The van der Waals surface area contributed by atoms with Crippen molar-refractivity contribution in [2.24, 2.45) is 5.92 Å². The maximum Gasteiger partial charge on any atom is 0.225 e. The first-order valence-corrected chi connectivity index (χ1v) is 9.88. The second kappa shape index (κ2) is 7.14. The number of imidazole rings is 1. The van der Waals surface area contributed by atoms with Crippen molar-refractivity contribution in [3.8, 4) is 0 Å². The van der Waals surface area contributed by atoms with Gasteiger partial charge in [-0.2, -0.15) is 0 Å². The lowest BCUT2D eigenvalue weighted by atomic mass is 9.88. The third kappa shape index (κ3) is 3.16. The lowest BCUT2D eigenvalue weighted by Crippen LogP contribution is -2.35. The van der Waals surface area contributed by atoms with Crippen molar-refractivity contribution in [2.75, 3.05) is 13.1 Å². The topological polar surface area (TPSA) is 51.0 Å². The zero-order valence-electron chi connectivity index (χ0n) is 15.2. The summed E-state index contributed by atoms with van der Waals surface area (Å²) in [6.07, 6.45) is 10.8. The van der Waals surface area contributed by atoms with Gasteiger partial charge in [0.25, 0.3) is 0 Å². The number of amides is 1. The van der Waals surface area contributed by atoms with Crippen molar-refractivity contribution in [3.63, 3.8) is 0 Å². The lowest BCUT2D eigenvalue weighted by Gasteiger charge is -2.26. The third-order valence-corrected chi connectivity index (χ3v) is 5.79. The first kappa shape index (κ1) is 16.6. The Kier molecular flexibility index (Phi) is 4.73. The van der Waals surface area contributed by atoms with Crippen LogP contribution in [0.3, 0.4) is 0 Å². The standard InChI is InChI=1S/C20H28N4O/c1-2-7-18-22-17-10-6-12-21-19(17)24(18)16-11-13-23(14-16)20(25)15-8-4-3-5-9-15/h6,10,12,15-16H,2-5,7-9,11,13-14H2,1H3. The molecule has 134 valence electrons. The van der Waals surface area contributed by atoms with Gasteiger partial charge in [0.2, 0.25) is 5.91 Å². The van der Waals surface area contributed by atoms with Crippen LogP contribution < -0.4 is 0 Å². The molecule has 1 amide bonds. The molecule has 1 atom stereocenters. The molecule has 2 aromatic heterocycles. The number of nitrogens with zero attached hydrogens (tertiary/aromatic N) is 4. The van der Waals surface area contributed by atoms with Crippen LogP contribution in [0, 0.1) is 5.92 Å². The number of hydrogen-bond donors (Lipinski definition) is 0. The molecule has 4 rings (SSSR count). The SMILES string of the molecule is CCCc1nc2cccnc2n1C1CCN(C(=O)C2CCCCC2)C1. The molecule has 1 aliphatic heterocycles. The van der Waals surface area contributed by atoms with Gasteiger partial charge < -0.3 is 9.47 Å². The number of pyridine rings is 1. The highest BCUT2D eigenvalue weighted by Crippen LogP contribution is 2.31. The van der Waals surface area contributed by atoms with Crippen molar-refractivity contribution in [1.82, 2.24) is 19.4 Å². The van der Waals surface area contributed by atoms with Gasteiger partial charge in [-0.25, -0.2) is 9.97 Å². The van der Waals surface area contributed by atoms with E-state index in [1.54, 1.807) is 0 Å². The predicted molar refractivity (Wildman–Crippen MR) is 98.3 cm³/mol. The third-order valence-electron chi connectivity index (χ3n) is 5.79. The zero-order valence-corrected chi connectivity index (χ0v) is 15.2. The molecular formula is C20H28N4O. The van der Waals surface area contributed by atoms with Gasteiger partial charge in [-0.05, 0) is 37.8 Å². The van der Waals surface area contributed by atoms with Gasteiger partial charge in [0.1, 0.15) is 11.3 Å². The average molecular weight is 340 g/mol. The summed E-state index contributed by atoms with van der Waals surface area (Å²) >= 11 is 0. The molecule has 0 radical (unpaired) electrons. The van der Waals surface area contributed by atoms with Crippen LogP contribution in [-0.4, -0.2) is 38.4 Å². The highest BCUT2D eigenvalue weighted by Gasteiger charge is 2.33. The highest BCUT2D eigenvalue weighted by molar-refractivity contribution is 5.79. The van der Waals surface area contributed by atoms with Crippen LogP contribution >= 0.6 is 0 Å². The molecule has 2 aliphatic rings. The van der Waals surface area contributed by atoms with Crippen LogP contribution in [-0.2, 0) is 11.2 Å². The van der Waals surface area contributed by atoms with E-state index in [1.807, 2.05) is 18.3 Å². The summed E-state index contributed by atoms with van der Waals surface area (Å²) in [5.41, 5.74) is 1.95. The van der Waals surface area contributed by atoms with Gasteiger partial charge in [-0.15, -0.1) is 0 Å². The fraction of sp³-hybridized carbons (Fsp3) is 0.650. The summed E-state index contributed by atoms with van der Waals surface area (Å²) in [7, 11) is 0. The van der Waals surface area contributed by atoms with Gasteiger partial charge >= 0.3 is 0 Å². The molecule has 0 bridgehead atoms. The van der Waals surface area contributed by atoms with Crippen LogP contribution in [0.1, 0.15) is 63.7 Å². The van der Waals surface area contributed by atoms with Gasteiger partial charge in [0.05, 0.1) is 6.04 Å². The minimum atomic E-state index is 0.264. The van der Waals surface area contributed by atoms with Gasteiger partial charge in [0, 0.05) is 31.6 Å². The normalized spacial score (nSPS) is 22.0. The van der Waals surface area contributed by atoms with Crippen LogP contribution in [0.2, 0.25) is 0 Å². The summed E-state index contributed by atoms with van der Waals surface area (Å²) in [6.45, 7) is 3.87. The monoisotopic (exact) mass is 340 g/mol. The quantitative estimate of drug-likeness (QED) is 0.852. The van der Waals surface area contributed by atoms with E-state index < -0.39 is 0 Å². The second-order valence-corrected chi connectivity index (χ2v) is 7.56. The van der Waals surface area contributed by atoms with Crippen LogP contribution in [0.15, 0.2) is 18.3 Å². The van der Waals surface area contributed by atoms with Gasteiger partial charge in [-0.3, -0.25) is 4.79 Å². The van der Waals surface area contributed by atoms with E-state index in [2.05, 4.69) is 21.4 Å². The Morgan fingerprint density at radius 1 is 1.24 bits per heavy atom. The summed E-state index contributed by atoms with van der Waals surface area (Å²) in [4.78, 5) is 24.4. The van der Waals surface area contributed by atoms with E-state index in [-0.39, 0.29) is 5.92 Å². The van der Waals surface area contributed by atoms with Crippen molar-refractivity contribution >= 4 is 17.1 Å². The Bertz CT molecular complexity index is 747. The molecule has 5 heteroatoms. The summed E-state index contributed by atoms with van der Waals surface area (Å²) < 4.78 is 2.31. The molecule has 2 aromatic rings. The minimum absolute atomic E-state index is 0.264. The van der Waals surface area contributed by atoms with E-state index in [1.165, 1.54) is 19.3 Å². The number of carbonyl (C=O) groups is 1. The molecule has 0 spiro atoms. The molecule has 1 unspecified atom stereocenters. The Morgan fingerprint density at radius 2 is 2.08 bits per heavy atom. The number of likely N-dealkylation sites (tertiary alicyclic amines) is 1. The molecule has 0 N–H and O–H groups in total. The molecule has 25 heavy (non-hydrogen) atoms. The second-order valence-electron chi connectivity index (χ2n) is 7.56. The molecule has 0 aromatic carbocycles. The van der Waals surface area contributed by atoms with E-state index in [9.17, 15) is 4.79 Å². The maximum atomic E-state index is 12.9. The van der Waals surface area contributed by atoms with E-state index in [0.717, 1.165) is 62.2 Å². The molecule has 2 fully saturated rings.